The van der Waals surface area contributed by atoms with E-state index in [1.807, 2.05) is 0 Å². The highest BCUT2D eigenvalue weighted by molar-refractivity contribution is 5.80. The van der Waals surface area contributed by atoms with Gasteiger partial charge in [0.2, 0.25) is 0 Å². The Bertz CT molecular complexity index is 488. The van der Waals surface area contributed by atoms with Gasteiger partial charge in [0, 0.05) is 6.20 Å². The minimum absolute atomic E-state index is 0.241. The van der Waals surface area contributed by atoms with Gasteiger partial charge in [-0.2, -0.15) is 0 Å². The van der Waals surface area contributed by atoms with Crippen LogP contribution >= 0.6 is 0 Å². The zero-order valence-electron chi connectivity index (χ0n) is 9.60. The van der Waals surface area contributed by atoms with E-state index in [1.54, 1.807) is 0 Å². The summed E-state index contributed by atoms with van der Waals surface area (Å²) in [5, 5.41) is 1.30. The molecule has 3 rings (SSSR count). The molecule has 1 fully saturated rings. The molecule has 2 nitrogen and oxygen atoms in total. The second-order valence-corrected chi connectivity index (χ2v) is 4.48. The van der Waals surface area contributed by atoms with Gasteiger partial charge in [-0.05, 0) is 36.8 Å². The molecule has 1 aliphatic heterocycles. The van der Waals surface area contributed by atoms with Crippen LogP contribution in [-0.4, -0.2) is 10.7 Å². The smallest absolute Gasteiger partial charge is 0.134 e. The standard InChI is InChI=1S/C14H17NO/c1-2-12-7-8-14(16-12)15-10-9-11-5-3-4-6-13(11)15/h3-6,9-10,12,14H,2,7-8H2,1H3/t12-,14-/m1/s1. The average Bonchev–Trinajstić information content (AvgIpc) is 2.94. The van der Waals surface area contributed by atoms with Crippen molar-refractivity contribution in [1.82, 2.24) is 4.57 Å². The Morgan fingerprint density at radius 1 is 1.25 bits per heavy atom. The fraction of sp³-hybridized carbons (Fsp3) is 0.429. The lowest BCUT2D eigenvalue weighted by molar-refractivity contribution is 0.00350. The molecular formula is C14H17NO. The highest BCUT2D eigenvalue weighted by Crippen LogP contribution is 2.32. The van der Waals surface area contributed by atoms with Gasteiger partial charge in [-0.25, -0.2) is 0 Å². The van der Waals surface area contributed by atoms with Crippen LogP contribution in [-0.2, 0) is 4.74 Å². The number of rotatable bonds is 2. The average molecular weight is 215 g/mol. The van der Waals surface area contributed by atoms with Crippen molar-refractivity contribution >= 4 is 10.9 Å². The van der Waals surface area contributed by atoms with Crippen LogP contribution in [0.2, 0.25) is 0 Å². The molecule has 0 unspecified atom stereocenters. The van der Waals surface area contributed by atoms with E-state index in [2.05, 4.69) is 48.0 Å². The van der Waals surface area contributed by atoms with Gasteiger partial charge in [-0.1, -0.05) is 25.1 Å². The molecule has 1 aromatic heterocycles. The van der Waals surface area contributed by atoms with Gasteiger partial charge < -0.3 is 9.30 Å². The molecule has 1 aromatic carbocycles. The zero-order chi connectivity index (χ0) is 11.0. The number of fused-ring (bicyclic) bond motifs is 1. The summed E-state index contributed by atoms with van der Waals surface area (Å²) < 4.78 is 8.29. The summed E-state index contributed by atoms with van der Waals surface area (Å²) in [7, 11) is 0. The van der Waals surface area contributed by atoms with Crippen LogP contribution in [0.3, 0.4) is 0 Å². The Balaban J connectivity index is 1.95. The first-order valence-corrected chi connectivity index (χ1v) is 6.09. The van der Waals surface area contributed by atoms with E-state index in [4.69, 9.17) is 4.74 Å². The molecule has 0 spiro atoms. The van der Waals surface area contributed by atoms with Gasteiger partial charge in [0.15, 0.2) is 0 Å². The fourth-order valence-corrected chi connectivity index (χ4v) is 2.55. The summed E-state index contributed by atoms with van der Waals surface area (Å²) in [6.45, 7) is 2.20. The first kappa shape index (κ1) is 9.91. The van der Waals surface area contributed by atoms with E-state index in [0.29, 0.717) is 6.10 Å². The van der Waals surface area contributed by atoms with E-state index in [-0.39, 0.29) is 6.23 Å². The third-order valence-electron chi connectivity index (χ3n) is 3.48. The highest BCUT2D eigenvalue weighted by atomic mass is 16.5. The molecule has 0 N–H and O–H groups in total. The zero-order valence-corrected chi connectivity index (χ0v) is 9.60. The van der Waals surface area contributed by atoms with Gasteiger partial charge in [-0.3, -0.25) is 0 Å². The molecule has 2 atom stereocenters. The summed E-state index contributed by atoms with van der Waals surface area (Å²) in [5.74, 6) is 0. The molecule has 1 aliphatic rings. The van der Waals surface area contributed by atoms with Crippen LogP contribution in [0, 0.1) is 0 Å². The topological polar surface area (TPSA) is 14.2 Å². The molecule has 0 aliphatic carbocycles. The Morgan fingerprint density at radius 3 is 2.94 bits per heavy atom. The minimum atomic E-state index is 0.241. The lowest BCUT2D eigenvalue weighted by Crippen LogP contribution is -2.09. The number of benzene rings is 1. The van der Waals surface area contributed by atoms with E-state index >= 15 is 0 Å². The Labute approximate surface area is 95.8 Å². The Kier molecular flexibility index (Phi) is 2.44. The van der Waals surface area contributed by atoms with Gasteiger partial charge in [0.05, 0.1) is 11.6 Å². The summed E-state index contributed by atoms with van der Waals surface area (Å²) in [4.78, 5) is 0. The molecule has 2 aromatic rings. The van der Waals surface area contributed by atoms with Gasteiger partial charge in [0.1, 0.15) is 6.23 Å². The van der Waals surface area contributed by atoms with Crippen molar-refractivity contribution < 1.29 is 4.74 Å². The third-order valence-corrected chi connectivity index (χ3v) is 3.48. The largest absolute Gasteiger partial charge is 0.355 e. The number of para-hydroxylation sites is 1. The van der Waals surface area contributed by atoms with Gasteiger partial charge >= 0.3 is 0 Å². The van der Waals surface area contributed by atoms with Crippen LogP contribution in [0.5, 0.6) is 0 Å². The molecular weight excluding hydrogens is 198 g/mol. The number of hydrogen-bond acceptors (Lipinski definition) is 1. The molecule has 2 heterocycles. The molecule has 0 amide bonds. The maximum Gasteiger partial charge on any atom is 0.134 e. The van der Waals surface area contributed by atoms with Crippen molar-refractivity contribution in [1.29, 1.82) is 0 Å². The minimum Gasteiger partial charge on any atom is -0.355 e. The van der Waals surface area contributed by atoms with Crippen LogP contribution < -0.4 is 0 Å². The van der Waals surface area contributed by atoms with Crippen molar-refractivity contribution in [3.05, 3.63) is 36.5 Å². The fourth-order valence-electron chi connectivity index (χ4n) is 2.55. The Hall–Kier alpha value is -1.28. The SMILES string of the molecule is CC[C@@H]1CC[C@H](n2ccc3ccccc32)O1. The van der Waals surface area contributed by atoms with Crippen molar-refractivity contribution in [2.24, 2.45) is 0 Å². The second-order valence-electron chi connectivity index (χ2n) is 4.48. The van der Waals surface area contributed by atoms with Crippen molar-refractivity contribution in [2.45, 2.75) is 38.5 Å². The summed E-state index contributed by atoms with van der Waals surface area (Å²) in [5.41, 5.74) is 1.28. The molecule has 0 radical (unpaired) electrons. The van der Waals surface area contributed by atoms with E-state index in [0.717, 1.165) is 12.8 Å². The number of ether oxygens (including phenoxy) is 1. The molecule has 0 bridgehead atoms. The van der Waals surface area contributed by atoms with Crippen LogP contribution in [0.4, 0.5) is 0 Å². The van der Waals surface area contributed by atoms with Crippen molar-refractivity contribution in [3.8, 4) is 0 Å². The maximum atomic E-state index is 6.03. The quantitative estimate of drug-likeness (QED) is 0.744. The monoisotopic (exact) mass is 215 g/mol. The highest BCUT2D eigenvalue weighted by Gasteiger charge is 2.25. The predicted molar refractivity (Wildman–Crippen MR) is 65.4 cm³/mol. The normalized spacial score (nSPS) is 25.3. The lowest BCUT2D eigenvalue weighted by atomic mass is 10.2. The number of hydrogen-bond donors (Lipinski definition) is 0. The summed E-state index contributed by atoms with van der Waals surface area (Å²) in [6.07, 6.45) is 6.28. The first-order chi connectivity index (χ1) is 7.88. The van der Waals surface area contributed by atoms with Gasteiger partial charge in [-0.15, -0.1) is 0 Å². The lowest BCUT2D eigenvalue weighted by Gasteiger charge is -2.15. The Morgan fingerprint density at radius 2 is 2.12 bits per heavy atom. The summed E-state index contributed by atoms with van der Waals surface area (Å²) in [6, 6.07) is 10.6. The molecule has 2 heteroatoms. The van der Waals surface area contributed by atoms with E-state index in [1.165, 1.54) is 17.3 Å². The van der Waals surface area contributed by atoms with E-state index in [9.17, 15) is 0 Å². The van der Waals surface area contributed by atoms with Crippen LogP contribution in [0.15, 0.2) is 36.5 Å². The predicted octanol–water partition coefficient (Wildman–Crippen LogP) is 3.73. The number of nitrogens with zero attached hydrogens (tertiary/aromatic N) is 1. The summed E-state index contributed by atoms with van der Waals surface area (Å²) >= 11 is 0. The molecule has 1 saturated heterocycles. The first-order valence-electron chi connectivity index (χ1n) is 6.09. The van der Waals surface area contributed by atoms with Crippen molar-refractivity contribution in [2.75, 3.05) is 0 Å². The molecule has 0 saturated carbocycles. The number of aromatic nitrogens is 1. The van der Waals surface area contributed by atoms with Gasteiger partial charge in [0.25, 0.3) is 0 Å². The van der Waals surface area contributed by atoms with Crippen LogP contribution in [0.1, 0.15) is 32.4 Å². The maximum absolute atomic E-state index is 6.03. The van der Waals surface area contributed by atoms with Crippen LogP contribution in [0.25, 0.3) is 10.9 Å². The van der Waals surface area contributed by atoms with E-state index < -0.39 is 0 Å². The molecule has 16 heavy (non-hydrogen) atoms. The second kappa shape index (κ2) is 3.95. The third kappa shape index (κ3) is 1.54. The molecule has 84 valence electrons. The van der Waals surface area contributed by atoms with Crippen molar-refractivity contribution in [3.63, 3.8) is 0 Å².